The lowest BCUT2D eigenvalue weighted by Crippen LogP contribution is -2.34. The minimum absolute atomic E-state index is 0.768. The lowest BCUT2D eigenvalue weighted by molar-refractivity contribution is 0.445. The van der Waals surface area contributed by atoms with Crippen molar-refractivity contribution in [3.8, 4) is 0 Å². The molecule has 2 heterocycles. The van der Waals surface area contributed by atoms with Crippen LogP contribution in [-0.4, -0.2) is 25.1 Å². The number of nitrogens with one attached hydrogen (secondary N) is 1. The molecule has 1 atom stereocenters. The van der Waals surface area contributed by atoms with Crippen LogP contribution in [0.1, 0.15) is 25.3 Å². The Kier molecular flexibility index (Phi) is 3.88. The molecule has 2 aromatic rings. The number of rotatable bonds is 3. The van der Waals surface area contributed by atoms with Gasteiger partial charge in [-0.1, -0.05) is 25.1 Å². The Morgan fingerprint density at radius 2 is 2.20 bits per heavy atom. The highest BCUT2D eigenvalue weighted by atomic mass is 15.2. The van der Waals surface area contributed by atoms with Crippen LogP contribution < -0.4 is 10.2 Å². The van der Waals surface area contributed by atoms with Crippen LogP contribution in [-0.2, 0) is 6.54 Å². The summed E-state index contributed by atoms with van der Waals surface area (Å²) in [5.41, 5.74) is 2.44. The maximum Gasteiger partial charge on any atom is 0.129 e. The number of hydrogen-bond donors (Lipinski definition) is 1. The molecular weight excluding hydrogens is 246 g/mol. The first kappa shape index (κ1) is 13.4. The van der Waals surface area contributed by atoms with Crippen molar-refractivity contribution >= 4 is 16.7 Å². The van der Waals surface area contributed by atoms with Gasteiger partial charge in [0, 0.05) is 25.0 Å². The molecule has 0 spiro atoms. The van der Waals surface area contributed by atoms with Crippen LogP contribution in [0.25, 0.3) is 10.9 Å². The van der Waals surface area contributed by atoms with Gasteiger partial charge in [-0.15, -0.1) is 0 Å². The van der Waals surface area contributed by atoms with Crippen LogP contribution in [0.2, 0.25) is 0 Å². The molecule has 1 aromatic heterocycles. The molecule has 1 fully saturated rings. The van der Waals surface area contributed by atoms with Gasteiger partial charge in [-0.05, 0) is 43.5 Å². The summed E-state index contributed by atoms with van der Waals surface area (Å²) in [6.07, 6.45) is 2.62. The van der Waals surface area contributed by atoms with Gasteiger partial charge in [0.2, 0.25) is 0 Å². The Labute approximate surface area is 121 Å². The molecule has 3 heteroatoms. The van der Waals surface area contributed by atoms with E-state index in [1.807, 2.05) is 7.05 Å². The average Bonchev–Trinajstić information content (AvgIpc) is 2.47. The SMILES string of the molecule is CNCc1cc(N2CCCC(C)C2)nc2ccccc12. The molecule has 3 nitrogen and oxygen atoms in total. The topological polar surface area (TPSA) is 28.2 Å². The van der Waals surface area contributed by atoms with Gasteiger partial charge in [-0.2, -0.15) is 0 Å². The van der Waals surface area contributed by atoms with Gasteiger partial charge < -0.3 is 10.2 Å². The van der Waals surface area contributed by atoms with Crippen molar-refractivity contribution in [1.29, 1.82) is 0 Å². The molecule has 1 aliphatic rings. The third-order valence-corrected chi connectivity index (χ3v) is 4.14. The Hall–Kier alpha value is -1.61. The predicted molar refractivity (Wildman–Crippen MR) is 85.1 cm³/mol. The molecule has 0 aliphatic carbocycles. The second-order valence-electron chi connectivity index (χ2n) is 5.88. The molecule has 0 bridgehead atoms. The molecule has 3 rings (SSSR count). The molecule has 106 valence electrons. The Bertz CT molecular complexity index is 594. The van der Waals surface area contributed by atoms with E-state index in [4.69, 9.17) is 4.98 Å². The molecular formula is C17H23N3. The Morgan fingerprint density at radius 3 is 3.00 bits per heavy atom. The number of piperidine rings is 1. The van der Waals surface area contributed by atoms with Crippen LogP contribution in [0.4, 0.5) is 5.82 Å². The predicted octanol–water partition coefficient (Wildman–Crippen LogP) is 3.19. The molecule has 1 unspecified atom stereocenters. The van der Waals surface area contributed by atoms with Crippen molar-refractivity contribution in [3.63, 3.8) is 0 Å². The van der Waals surface area contributed by atoms with Gasteiger partial charge in [0.05, 0.1) is 5.52 Å². The highest BCUT2D eigenvalue weighted by molar-refractivity contribution is 5.84. The van der Waals surface area contributed by atoms with Gasteiger partial charge in [0.1, 0.15) is 5.82 Å². The van der Waals surface area contributed by atoms with E-state index in [9.17, 15) is 0 Å². The fourth-order valence-electron chi connectivity index (χ4n) is 3.13. The molecule has 1 aromatic carbocycles. The molecule has 1 N–H and O–H groups in total. The molecule has 0 amide bonds. The lowest BCUT2D eigenvalue weighted by atomic mass is 10.00. The van der Waals surface area contributed by atoms with Gasteiger partial charge in [0.15, 0.2) is 0 Å². The van der Waals surface area contributed by atoms with E-state index in [0.717, 1.165) is 36.9 Å². The van der Waals surface area contributed by atoms with Crippen LogP contribution in [0.5, 0.6) is 0 Å². The zero-order valence-electron chi connectivity index (χ0n) is 12.4. The minimum atomic E-state index is 0.768. The van der Waals surface area contributed by atoms with E-state index in [1.165, 1.54) is 23.8 Å². The highest BCUT2D eigenvalue weighted by Crippen LogP contribution is 2.26. The number of benzene rings is 1. The summed E-state index contributed by atoms with van der Waals surface area (Å²) in [4.78, 5) is 7.32. The van der Waals surface area contributed by atoms with E-state index < -0.39 is 0 Å². The lowest BCUT2D eigenvalue weighted by Gasteiger charge is -2.32. The maximum absolute atomic E-state index is 4.87. The molecule has 1 aliphatic heterocycles. The van der Waals surface area contributed by atoms with Crippen LogP contribution in [0.15, 0.2) is 30.3 Å². The number of nitrogens with zero attached hydrogens (tertiary/aromatic N) is 2. The van der Waals surface area contributed by atoms with E-state index in [2.05, 4.69) is 47.5 Å². The van der Waals surface area contributed by atoms with Crippen LogP contribution in [0.3, 0.4) is 0 Å². The minimum Gasteiger partial charge on any atom is -0.356 e. The first-order valence-corrected chi connectivity index (χ1v) is 7.56. The molecule has 0 radical (unpaired) electrons. The van der Waals surface area contributed by atoms with E-state index >= 15 is 0 Å². The van der Waals surface area contributed by atoms with E-state index in [-0.39, 0.29) is 0 Å². The first-order chi connectivity index (χ1) is 9.78. The third kappa shape index (κ3) is 2.63. The second kappa shape index (κ2) is 5.80. The van der Waals surface area contributed by atoms with Crippen molar-refractivity contribution in [2.45, 2.75) is 26.3 Å². The largest absolute Gasteiger partial charge is 0.356 e. The van der Waals surface area contributed by atoms with Crippen molar-refractivity contribution in [2.75, 3.05) is 25.0 Å². The van der Waals surface area contributed by atoms with Gasteiger partial charge in [-0.25, -0.2) is 4.98 Å². The van der Waals surface area contributed by atoms with Gasteiger partial charge in [-0.3, -0.25) is 0 Å². The summed E-state index contributed by atoms with van der Waals surface area (Å²) in [7, 11) is 2.00. The smallest absolute Gasteiger partial charge is 0.129 e. The number of anilines is 1. The average molecular weight is 269 g/mol. The fraction of sp³-hybridized carbons (Fsp3) is 0.471. The molecule has 20 heavy (non-hydrogen) atoms. The van der Waals surface area contributed by atoms with Crippen molar-refractivity contribution in [3.05, 3.63) is 35.9 Å². The van der Waals surface area contributed by atoms with Crippen molar-refractivity contribution in [2.24, 2.45) is 5.92 Å². The first-order valence-electron chi connectivity index (χ1n) is 7.56. The monoisotopic (exact) mass is 269 g/mol. The van der Waals surface area contributed by atoms with Crippen molar-refractivity contribution < 1.29 is 0 Å². The summed E-state index contributed by atoms with van der Waals surface area (Å²) >= 11 is 0. The zero-order chi connectivity index (χ0) is 13.9. The second-order valence-corrected chi connectivity index (χ2v) is 5.88. The summed E-state index contributed by atoms with van der Waals surface area (Å²) in [5.74, 6) is 1.91. The fourth-order valence-corrected chi connectivity index (χ4v) is 3.13. The number of hydrogen-bond acceptors (Lipinski definition) is 3. The van der Waals surface area contributed by atoms with Gasteiger partial charge >= 0.3 is 0 Å². The quantitative estimate of drug-likeness (QED) is 0.927. The van der Waals surface area contributed by atoms with Crippen LogP contribution >= 0.6 is 0 Å². The van der Waals surface area contributed by atoms with Crippen molar-refractivity contribution in [1.82, 2.24) is 10.3 Å². The Balaban J connectivity index is 2.02. The number of fused-ring (bicyclic) bond motifs is 1. The highest BCUT2D eigenvalue weighted by Gasteiger charge is 2.18. The van der Waals surface area contributed by atoms with E-state index in [1.54, 1.807) is 0 Å². The standard InChI is InChI=1S/C17H23N3/c1-13-6-5-9-20(12-13)17-10-14(11-18-2)15-7-3-4-8-16(15)19-17/h3-4,7-8,10,13,18H,5-6,9,11-12H2,1-2H3. The summed E-state index contributed by atoms with van der Waals surface area (Å²) in [5, 5.41) is 4.53. The van der Waals surface area contributed by atoms with Crippen LogP contribution in [0, 0.1) is 5.92 Å². The maximum atomic E-state index is 4.87. The number of pyridine rings is 1. The number of aromatic nitrogens is 1. The van der Waals surface area contributed by atoms with E-state index in [0.29, 0.717) is 0 Å². The third-order valence-electron chi connectivity index (χ3n) is 4.14. The number of para-hydroxylation sites is 1. The Morgan fingerprint density at radius 1 is 1.35 bits per heavy atom. The summed E-state index contributed by atoms with van der Waals surface area (Å²) in [6.45, 7) is 5.49. The molecule has 0 saturated carbocycles. The van der Waals surface area contributed by atoms with Gasteiger partial charge in [0.25, 0.3) is 0 Å². The summed E-state index contributed by atoms with van der Waals surface area (Å²) in [6, 6.07) is 10.7. The zero-order valence-corrected chi connectivity index (χ0v) is 12.4. The molecule has 1 saturated heterocycles. The summed E-state index contributed by atoms with van der Waals surface area (Å²) < 4.78 is 0. The normalized spacial score (nSPS) is 19.5.